The second-order valence-electron chi connectivity index (χ2n) is 6.52. The van der Waals surface area contributed by atoms with Crippen molar-refractivity contribution in [3.05, 3.63) is 35.6 Å². The van der Waals surface area contributed by atoms with Crippen molar-refractivity contribution in [2.24, 2.45) is 11.7 Å². The first kappa shape index (κ1) is 16.4. The van der Waals surface area contributed by atoms with Crippen LogP contribution in [0.2, 0.25) is 0 Å². The van der Waals surface area contributed by atoms with Gasteiger partial charge in [0.2, 0.25) is 0 Å². The second kappa shape index (κ2) is 7.90. The first-order valence-corrected chi connectivity index (χ1v) is 8.33. The molecule has 0 aliphatic heterocycles. The molecule has 0 aromatic heterocycles. The van der Waals surface area contributed by atoms with Gasteiger partial charge >= 0.3 is 0 Å². The summed E-state index contributed by atoms with van der Waals surface area (Å²) >= 11 is 0. The van der Waals surface area contributed by atoms with E-state index in [1.807, 2.05) is 6.07 Å². The lowest BCUT2D eigenvalue weighted by atomic mass is 9.87. The molecular weight excluding hydrogens is 263 g/mol. The number of nitrogens with two attached hydrogens (primary N) is 1. The predicted molar refractivity (Wildman–Crippen MR) is 86.6 cm³/mol. The van der Waals surface area contributed by atoms with Crippen molar-refractivity contribution in [2.45, 2.75) is 57.5 Å². The highest BCUT2D eigenvalue weighted by Gasteiger charge is 2.26. The summed E-state index contributed by atoms with van der Waals surface area (Å²) in [6.45, 7) is 3.17. The molecule has 0 saturated heterocycles. The molecule has 2 nitrogen and oxygen atoms in total. The lowest BCUT2D eigenvalue weighted by Crippen LogP contribution is -2.41. The topological polar surface area (TPSA) is 29.3 Å². The maximum Gasteiger partial charge on any atom is 0.123 e. The van der Waals surface area contributed by atoms with Crippen LogP contribution in [0.25, 0.3) is 0 Å². The molecule has 1 aromatic carbocycles. The van der Waals surface area contributed by atoms with Crippen LogP contribution in [0.3, 0.4) is 0 Å². The molecule has 1 fully saturated rings. The third-order valence-corrected chi connectivity index (χ3v) is 4.81. The Morgan fingerprint density at radius 2 is 2.00 bits per heavy atom. The van der Waals surface area contributed by atoms with Gasteiger partial charge in [0.15, 0.2) is 0 Å². The standard InChI is InChI=1S/C18H29FN2/c1-3-17(20)18(15-10-7-11-16(19)12-15)21(2)13-14-8-5-4-6-9-14/h7,10-12,14,17-18H,3-6,8-9,13,20H2,1-2H3. The van der Waals surface area contributed by atoms with Gasteiger partial charge in [-0.2, -0.15) is 0 Å². The Kier molecular flexibility index (Phi) is 6.19. The van der Waals surface area contributed by atoms with Gasteiger partial charge in [-0.15, -0.1) is 0 Å². The highest BCUT2D eigenvalue weighted by Crippen LogP contribution is 2.29. The molecule has 0 amide bonds. The summed E-state index contributed by atoms with van der Waals surface area (Å²) in [6.07, 6.45) is 7.62. The quantitative estimate of drug-likeness (QED) is 0.854. The Hall–Kier alpha value is -0.930. The lowest BCUT2D eigenvalue weighted by Gasteiger charge is -2.36. The molecule has 0 radical (unpaired) electrons. The molecular formula is C18H29FN2. The molecule has 2 unspecified atom stereocenters. The molecule has 0 spiro atoms. The Labute approximate surface area is 128 Å². The van der Waals surface area contributed by atoms with Crippen molar-refractivity contribution >= 4 is 0 Å². The average molecular weight is 292 g/mol. The minimum absolute atomic E-state index is 0.0420. The summed E-state index contributed by atoms with van der Waals surface area (Å²) in [5.41, 5.74) is 7.34. The molecule has 1 aromatic rings. The van der Waals surface area contributed by atoms with E-state index in [9.17, 15) is 4.39 Å². The molecule has 118 valence electrons. The molecule has 21 heavy (non-hydrogen) atoms. The monoisotopic (exact) mass is 292 g/mol. The zero-order valence-electron chi connectivity index (χ0n) is 13.4. The van der Waals surface area contributed by atoms with Crippen LogP contribution in [0.15, 0.2) is 24.3 Å². The summed E-state index contributed by atoms with van der Waals surface area (Å²) in [5, 5.41) is 0. The normalized spacial score (nSPS) is 19.7. The molecule has 1 aliphatic carbocycles. The molecule has 2 N–H and O–H groups in total. The zero-order chi connectivity index (χ0) is 15.2. The van der Waals surface area contributed by atoms with E-state index in [0.29, 0.717) is 0 Å². The van der Waals surface area contributed by atoms with Crippen molar-refractivity contribution in [2.75, 3.05) is 13.6 Å². The van der Waals surface area contributed by atoms with Crippen LogP contribution in [0.1, 0.15) is 57.1 Å². The number of hydrogen-bond acceptors (Lipinski definition) is 2. The van der Waals surface area contributed by atoms with E-state index < -0.39 is 0 Å². The van der Waals surface area contributed by atoms with E-state index in [0.717, 1.165) is 24.4 Å². The van der Waals surface area contributed by atoms with E-state index in [1.165, 1.54) is 38.2 Å². The van der Waals surface area contributed by atoms with Gasteiger partial charge in [0.25, 0.3) is 0 Å². The largest absolute Gasteiger partial charge is 0.326 e. The van der Waals surface area contributed by atoms with Crippen molar-refractivity contribution < 1.29 is 4.39 Å². The average Bonchev–Trinajstić information content (AvgIpc) is 2.48. The first-order valence-electron chi connectivity index (χ1n) is 8.33. The van der Waals surface area contributed by atoms with E-state index in [4.69, 9.17) is 5.73 Å². The molecule has 3 heteroatoms. The minimum Gasteiger partial charge on any atom is -0.326 e. The third-order valence-electron chi connectivity index (χ3n) is 4.81. The number of halogens is 1. The number of benzene rings is 1. The van der Waals surface area contributed by atoms with Crippen LogP contribution in [-0.4, -0.2) is 24.5 Å². The highest BCUT2D eigenvalue weighted by atomic mass is 19.1. The van der Waals surface area contributed by atoms with Crippen LogP contribution < -0.4 is 5.73 Å². The number of likely N-dealkylation sites (N-methyl/N-ethyl adjacent to an activating group) is 1. The van der Waals surface area contributed by atoms with E-state index in [1.54, 1.807) is 12.1 Å². The van der Waals surface area contributed by atoms with Crippen LogP contribution in [0, 0.1) is 11.7 Å². The summed E-state index contributed by atoms with van der Waals surface area (Å²) in [7, 11) is 2.14. The zero-order valence-corrected chi connectivity index (χ0v) is 13.4. The number of hydrogen-bond donors (Lipinski definition) is 1. The van der Waals surface area contributed by atoms with E-state index in [2.05, 4.69) is 18.9 Å². The molecule has 1 aliphatic rings. The SMILES string of the molecule is CCC(N)C(c1cccc(F)c1)N(C)CC1CCCCC1. The number of rotatable bonds is 6. The van der Waals surface area contributed by atoms with Gasteiger partial charge in [-0.3, -0.25) is 4.90 Å². The van der Waals surface area contributed by atoms with Gasteiger partial charge < -0.3 is 5.73 Å². The van der Waals surface area contributed by atoms with Gasteiger partial charge in [0.1, 0.15) is 5.82 Å². The van der Waals surface area contributed by atoms with Gasteiger partial charge in [-0.05, 0) is 49.9 Å². The fraction of sp³-hybridized carbons (Fsp3) is 0.667. The summed E-state index contributed by atoms with van der Waals surface area (Å²) < 4.78 is 13.6. The minimum atomic E-state index is -0.174. The molecule has 0 heterocycles. The van der Waals surface area contributed by atoms with Crippen LogP contribution in [-0.2, 0) is 0 Å². The van der Waals surface area contributed by atoms with Crippen molar-refractivity contribution in [3.63, 3.8) is 0 Å². The Morgan fingerprint density at radius 1 is 1.29 bits per heavy atom. The van der Waals surface area contributed by atoms with Crippen molar-refractivity contribution in [3.8, 4) is 0 Å². The Bertz CT molecular complexity index is 429. The third kappa shape index (κ3) is 4.52. The smallest absolute Gasteiger partial charge is 0.123 e. The molecule has 0 bridgehead atoms. The van der Waals surface area contributed by atoms with Gasteiger partial charge in [0, 0.05) is 18.6 Å². The fourth-order valence-electron chi connectivity index (χ4n) is 3.63. The summed E-state index contributed by atoms with van der Waals surface area (Å²) in [4.78, 5) is 2.35. The van der Waals surface area contributed by atoms with E-state index in [-0.39, 0.29) is 17.9 Å². The summed E-state index contributed by atoms with van der Waals surface area (Å²) in [5.74, 6) is 0.593. The molecule has 2 rings (SSSR count). The van der Waals surface area contributed by atoms with Crippen LogP contribution >= 0.6 is 0 Å². The predicted octanol–water partition coefficient (Wildman–Crippen LogP) is 4.12. The Balaban J connectivity index is 2.11. The maximum atomic E-state index is 13.6. The Morgan fingerprint density at radius 3 is 2.62 bits per heavy atom. The highest BCUT2D eigenvalue weighted by molar-refractivity contribution is 5.22. The van der Waals surface area contributed by atoms with Gasteiger partial charge in [-0.1, -0.05) is 38.3 Å². The number of nitrogens with zero attached hydrogens (tertiary/aromatic N) is 1. The maximum absolute atomic E-state index is 13.6. The van der Waals surface area contributed by atoms with Crippen molar-refractivity contribution in [1.29, 1.82) is 0 Å². The molecule has 2 atom stereocenters. The van der Waals surface area contributed by atoms with Gasteiger partial charge in [-0.25, -0.2) is 4.39 Å². The molecule has 1 saturated carbocycles. The van der Waals surface area contributed by atoms with Crippen LogP contribution in [0.4, 0.5) is 4.39 Å². The summed E-state index contributed by atoms with van der Waals surface area (Å²) in [6, 6.07) is 7.07. The van der Waals surface area contributed by atoms with Crippen LogP contribution in [0.5, 0.6) is 0 Å². The van der Waals surface area contributed by atoms with Gasteiger partial charge in [0.05, 0.1) is 0 Å². The van der Waals surface area contributed by atoms with Crippen molar-refractivity contribution in [1.82, 2.24) is 4.90 Å². The second-order valence-corrected chi connectivity index (χ2v) is 6.52. The lowest BCUT2D eigenvalue weighted by molar-refractivity contribution is 0.161. The van der Waals surface area contributed by atoms with E-state index >= 15 is 0 Å². The first-order chi connectivity index (χ1) is 10.1. The fourth-order valence-corrected chi connectivity index (χ4v) is 3.63.